The second kappa shape index (κ2) is 4.31. The van der Waals surface area contributed by atoms with E-state index in [0.717, 1.165) is 6.42 Å². The third kappa shape index (κ3) is 3.09. The quantitative estimate of drug-likeness (QED) is 0.707. The highest BCUT2D eigenvalue weighted by atomic mass is 32.1. The molecule has 2 heteroatoms. The molecule has 0 atom stereocenters. The number of carbonyl (C=O) groups is 1. The summed E-state index contributed by atoms with van der Waals surface area (Å²) in [6.07, 6.45) is 1.31. The van der Waals surface area contributed by atoms with Crippen LogP contribution in [0.4, 0.5) is 0 Å². The highest BCUT2D eigenvalue weighted by molar-refractivity contribution is 7.96. The van der Waals surface area contributed by atoms with Crippen LogP contribution in [-0.2, 0) is 11.2 Å². The molecule has 0 N–H and O–H groups in total. The van der Waals surface area contributed by atoms with Crippen molar-refractivity contribution in [2.45, 2.75) is 19.8 Å². The van der Waals surface area contributed by atoms with Crippen LogP contribution in [0.1, 0.15) is 17.5 Å². The van der Waals surface area contributed by atoms with Crippen LogP contribution in [0.25, 0.3) is 0 Å². The first-order chi connectivity index (χ1) is 5.68. The zero-order chi connectivity index (χ0) is 8.97. The average Bonchev–Trinajstić information content (AvgIpc) is 2.03. The first-order valence-corrected chi connectivity index (χ1v) is 4.40. The lowest BCUT2D eigenvalue weighted by Gasteiger charge is -1.98. The molecule has 1 aromatic rings. The Labute approximate surface area is 78.2 Å². The summed E-state index contributed by atoms with van der Waals surface area (Å²) in [5, 5.41) is -0.0458. The van der Waals surface area contributed by atoms with Gasteiger partial charge in [-0.25, -0.2) is 0 Å². The lowest BCUT2D eigenvalue weighted by atomic mass is 10.1. The SMILES string of the molecule is Cc1ccc(CCC(=O)S)cc1. The molecule has 0 spiro atoms. The minimum Gasteiger partial charge on any atom is -0.287 e. The van der Waals surface area contributed by atoms with Gasteiger partial charge in [0.15, 0.2) is 5.12 Å². The van der Waals surface area contributed by atoms with Gasteiger partial charge in [0.05, 0.1) is 0 Å². The molecule has 0 radical (unpaired) electrons. The Bertz CT molecular complexity index is 264. The third-order valence-corrected chi connectivity index (χ3v) is 1.97. The Balaban J connectivity index is 2.53. The van der Waals surface area contributed by atoms with Gasteiger partial charge < -0.3 is 0 Å². The molecule has 0 fully saturated rings. The highest BCUT2D eigenvalue weighted by Gasteiger charge is 1.96. The number of carbonyl (C=O) groups excluding carboxylic acids is 1. The van der Waals surface area contributed by atoms with E-state index < -0.39 is 0 Å². The second-order valence-electron chi connectivity index (χ2n) is 2.88. The molecule has 64 valence electrons. The van der Waals surface area contributed by atoms with Gasteiger partial charge in [0.2, 0.25) is 0 Å². The molecule has 1 aromatic carbocycles. The molecule has 1 rings (SSSR count). The molecule has 0 heterocycles. The molecule has 0 unspecified atom stereocenters. The Hall–Kier alpha value is -0.760. The highest BCUT2D eigenvalue weighted by Crippen LogP contribution is 2.06. The molecule has 0 bridgehead atoms. The van der Waals surface area contributed by atoms with Crippen molar-refractivity contribution in [1.82, 2.24) is 0 Å². The van der Waals surface area contributed by atoms with Gasteiger partial charge in [-0.1, -0.05) is 29.8 Å². The maximum Gasteiger partial charge on any atom is 0.186 e. The maximum atomic E-state index is 10.5. The topological polar surface area (TPSA) is 17.1 Å². The summed E-state index contributed by atoms with van der Waals surface area (Å²) < 4.78 is 0. The molecule has 12 heavy (non-hydrogen) atoms. The number of rotatable bonds is 3. The number of thiol groups is 1. The number of hydrogen-bond donors (Lipinski definition) is 1. The molecule has 0 saturated carbocycles. The number of hydrogen-bond acceptors (Lipinski definition) is 1. The molecule has 0 saturated heterocycles. The maximum absolute atomic E-state index is 10.5. The minimum absolute atomic E-state index is 0.0458. The van der Waals surface area contributed by atoms with Crippen molar-refractivity contribution in [2.75, 3.05) is 0 Å². The van der Waals surface area contributed by atoms with Crippen LogP contribution in [0.3, 0.4) is 0 Å². The summed E-state index contributed by atoms with van der Waals surface area (Å²) in [5.41, 5.74) is 2.44. The van der Waals surface area contributed by atoms with E-state index in [-0.39, 0.29) is 5.12 Å². The first kappa shape index (κ1) is 9.33. The first-order valence-electron chi connectivity index (χ1n) is 3.96. The van der Waals surface area contributed by atoms with Crippen LogP contribution < -0.4 is 0 Å². The fourth-order valence-electron chi connectivity index (χ4n) is 1.01. The monoisotopic (exact) mass is 180 g/mol. The van der Waals surface area contributed by atoms with Crippen LogP contribution in [0.15, 0.2) is 24.3 Å². The zero-order valence-electron chi connectivity index (χ0n) is 7.08. The van der Waals surface area contributed by atoms with E-state index in [1.807, 2.05) is 19.1 Å². The minimum atomic E-state index is -0.0458. The van der Waals surface area contributed by atoms with E-state index in [1.54, 1.807) is 0 Å². The predicted octanol–water partition coefficient (Wildman–Crippen LogP) is 2.38. The summed E-state index contributed by atoms with van der Waals surface area (Å²) in [6, 6.07) is 8.20. The van der Waals surface area contributed by atoms with Gasteiger partial charge in [-0.3, -0.25) is 4.79 Å². The van der Waals surface area contributed by atoms with Gasteiger partial charge >= 0.3 is 0 Å². The molecular formula is C10H12OS. The Morgan fingerprint density at radius 1 is 1.33 bits per heavy atom. The molecule has 0 aromatic heterocycles. The van der Waals surface area contributed by atoms with Crippen molar-refractivity contribution in [3.05, 3.63) is 35.4 Å². The standard InChI is InChI=1S/C10H12OS/c1-8-2-4-9(5-3-8)6-7-10(11)12/h2-5H,6-7H2,1H3,(H,11,12). The lowest BCUT2D eigenvalue weighted by molar-refractivity contribution is -0.110. The Morgan fingerprint density at radius 2 is 1.92 bits per heavy atom. The van der Waals surface area contributed by atoms with Crippen molar-refractivity contribution >= 4 is 17.7 Å². The lowest BCUT2D eigenvalue weighted by Crippen LogP contribution is -1.91. The van der Waals surface area contributed by atoms with Crippen LogP contribution in [0.2, 0.25) is 0 Å². The van der Waals surface area contributed by atoms with Gasteiger partial charge in [0.25, 0.3) is 0 Å². The van der Waals surface area contributed by atoms with Crippen molar-refractivity contribution < 1.29 is 4.79 Å². The predicted molar refractivity (Wildman–Crippen MR) is 53.5 cm³/mol. The molecular weight excluding hydrogens is 168 g/mol. The fraction of sp³-hybridized carbons (Fsp3) is 0.300. The molecule has 1 nitrogen and oxygen atoms in total. The van der Waals surface area contributed by atoms with E-state index >= 15 is 0 Å². The van der Waals surface area contributed by atoms with Crippen molar-refractivity contribution in [1.29, 1.82) is 0 Å². The summed E-state index contributed by atoms with van der Waals surface area (Å²) in [7, 11) is 0. The fourth-order valence-corrected chi connectivity index (χ4v) is 1.12. The van der Waals surface area contributed by atoms with E-state index in [9.17, 15) is 4.79 Å². The zero-order valence-corrected chi connectivity index (χ0v) is 7.97. The van der Waals surface area contributed by atoms with E-state index in [0.29, 0.717) is 6.42 Å². The summed E-state index contributed by atoms with van der Waals surface area (Å²) in [5.74, 6) is 0. The van der Waals surface area contributed by atoms with Crippen LogP contribution >= 0.6 is 12.6 Å². The van der Waals surface area contributed by atoms with Crippen LogP contribution in [0, 0.1) is 6.92 Å². The van der Waals surface area contributed by atoms with Crippen molar-refractivity contribution in [2.24, 2.45) is 0 Å². The van der Waals surface area contributed by atoms with Crippen molar-refractivity contribution in [3.8, 4) is 0 Å². The number of benzene rings is 1. The Morgan fingerprint density at radius 3 is 2.42 bits per heavy atom. The summed E-state index contributed by atoms with van der Waals surface area (Å²) >= 11 is 3.71. The third-order valence-electron chi connectivity index (χ3n) is 1.75. The van der Waals surface area contributed by atoms with Gasteiger partial charge in [-0.2, -0.15) is 0 Å². The molecule has 0 aliphatic heterocycles. The average molecular weight is 180 g/mol. The van der Waals surface area contributed by atoms with E-state index in [4.69, 9.17) is 0 Å². The van der Waals surface area contributed by atoms with Crippen LogP contribution in [0.5, 0.6) is 0 Å². The smallest absolute Gasteiger partial charge is 0.186 e. The summed E-state index contributed by atoms with van der Waals surface area (Å²) in [4.78, 5) is 10.5. The van der Waals surface area contributed by atoms with Gasteiger partial charge in [0.1, 0.15) is 0 Å². The second-order valence-corrected chi connectivity index (χ2v) is 3.38. The number of aryl methyl sites for hydroxylation is 2. The van der Waals surface area contributed by atoms with E-state index in [1.165, 1.54) is 11.1 Å². The molecule has 0 aliphatic rings. The van der Waals surface area contributed by atoms with Gasteiger partial charge in [-0.15, -0.1) is 12.6 Å². The van der Waals surface area contributed by atoms with Gasteiger partial charge in [0, 0.05) is 6.42 Å². The van der Waals surface area contributed by atoms with E-state index in [2.05, 4.69) is 24.8 Å². The normalized spacial score (nSPS) is 9.83. The molecule has 0 amide bonds. The van der Waals surface area contributed by atoms with Crippen LogP contribution in [-0.4, -0.2) is 5.12 Å². The van der Waals surface area contributed by atoms with Gasteiger partial charge in [-0.05, 0) is 18.9 Å². The Kier molecular flexibility index (Phi) is 3.35. The summed E-state index contributed by atoms with van der Waals surface area (Å²) in [6.45, 7) is 2.05. The van der Waals surface area contributed by atoms with Crippen molar-refractivity contribution in [3.63, 3.8) is 0 Å². The molecule has 0 aliphatic carbocycles. The largest absolute Gasteiger partial charge is 0.287 e.